The van der Waals surface area contributed by atoms with Crippen molar-refractivity contribution < 1.29 is 0 Å². The first-order valence-corrected chi connectivity index (χ1v) is 15.0. The molecule has 0 saturated heterocycles. The van der Waals surface area contributed by atoms with Gasteiger partial charge in [0.15, 0.2) is 0 Å². The van der Waals surface area contributed by atoms with Gasteiger partial charge in [0, 0.05) is 0 Å². The van der Waals surface area contributed by atoms with E-state index in [-0.39, 0.29) is 0 Å². The van der Waals surface area contributed by atoms with Crippen LogP contribution in [0.15, 0.2) is 121 Å². The van der Waals surface area contributed by atoms with Crippen LogP contribution in [-0.4, -0.2) is 0 Å². The fourth-order valence-electron chi connectivity index (χ4n) is 4.39. The lowest BCUT2D eigenvalue weighted by Crippen LogP contribution is -2.24. The number of rotatable bonds is 6. The van der Waals surface area contributed by atoms with Crippen LogP contribution < -0.4 is 31.8 Å². The highest BCUT2D eigenvalue weighted by molar-refractivity contribution is 7.80. The van der Waals surface area contributed by atoms with Gasteiger partial charge in [-0.25, -0.2) is 0 Å². The van der Waals surface area contributed by atoms with Crippen molar-refractivity contribution in [2.24, 2.45) is 0 Å². The van der Waals surface area contributed by atoms with Crippen molar-refractivity contribution in [2.75, 3.05) is 0 Å². The van der Waals surface area contributed by atoms with Crippen molar-refractivity contribution in [1.82, 2.24) is 0 Å². The Morgan fingerprint density at radius 2 is 0.425 bits per heavy atom. The van der Waals surface area contributed by atoms with Gasteiger partial charge in [0.2, 0.25) is 0 Å². The molecule has 5 rings (SSSR count). The van der Waals surface area contributed by atoms with Gasteiger partial charge in [0.1, 0.15) is 0 Å². The zero-order valence-electron chi connectivity index (χ0n) is 21.2. The molecule has 4 nitrogen and oxygen atoms in total. The highest BCUT2D eigenvalue weighted by Crippen LogP contribution is 2.36. The van der Waals surface area contributed by atoms with E-state index < -0.39 is 15.8 Å². The Morgan fingerprint density at radius 1 is 0.275 bits per heavy atom. The van der Waals surface area contributed by atoms with Crippen LogP contribution in [-0.2, 0) is 0 Å². The second kappa shape index (κ2) is 12.2. The van der Waals surface area contributed by atoms with Crippen LogP contribution >= 0.6 is 15.8 Å². The van der Waals surface area contributed by atoms with Crippen LogP contribution in [0.3, 0.4) is 0 Å². The van der Waals surface area contributed by atoms with Crippen molar-refractivity contribution in [2.45, 2.75) is 0 Å². The maximum atomic E-state index is 9.28. The highest BCUT2D eigenvalue weighted by Gasteiger charge is 2.20. The van der Waals surface area contributed by atoms with Crippen molar-refractivity contribution in [3.8, 4) is 24.3 Å². The summed E-state index contributed by atoms with van der Waals surface area (Å²) in [6.45, 7) is 0. The lowest BCUT2D eigenvalue weighted by molar-refractivity contribution is 1.49. The predicted molar refractivity (Wildman–Crippen MR) is 163 cm³/mol. The summed E-state index contributed by atoms with van der Waals surface area (Å²) < 4.78 is 0. The molecule has 0 N–H and O–H groups in total. The first kappa shape index (κ1) is 26.5. The van der Waals surface area contributed by atoms with Gasteiger partial charge < -0.3 is 0 Å². The van der Waals surface area contributed by atoms with Gasteiger partial charge in [0.25, 0.3) is 0 Å². The minimum absolute atomic E-state index is 0.615. The van der Waals surface area contributed by atoms with Gasteiger partial charge in [-0.15, -0.1) is 0 Å². The summed E-state index contributed by atoms with van der Waals surface area (Å²) in [7, 11) is -1.84. The Hall–Kier alpha value is -5.08. The van der Waals surface area contributed by atoms with Crippen LogP contribution in [0.5, 0.6) is 0 Å². The number of nitriles is 4. The minimum Gasteiger partial charge on any atom is -0.192 e. The summed E-state index contributed by atoms with van der Waals surface area (Å²) >= 11 is 0. The number of nitrogens with zero attached hydrogens (tertiary/aromatic N) is 4. The summed E-state index contributed by atoms with van der Waals surface area (Å²) in [6.07, 6.45) is 0. The third kappa shape index (κ3) is 5.67. The summed E-state index contributed by atoms with van der Waals surface area (Å²) in [5, 5.41) is 43.9. The Balaban J connectivity index is 1.58. The number of hydrogen-bond donors (Lipinski definition) is 0. The Kier molecular flexibility index (Phi) is 8.08. The molecule has 0 aliphatic heterocycles. The summed E-state index contributed by atoms with van der Waals surface area (Å²) in [6, 6.07) is 48.3. The molecule has 0 spiro atoms. The molecule has 0 heterocycles. The summed E-state index contributed by atoms with van der Waals surface area (Å²) in [5.41, 5.74) is 2.46. The van der Waals surface area contributed by atoms with E-state index in [1.54, 1.807) is 0 Å². The van der Waals surface area contributed by atoms with Crippen LogP contribution in [0, 0.1) is 45.3 Å². The van der Waals surface area contributed by atoms with E-state index in [0.717, 1.165) is 31.8 Å². The fourth-order valence-corrected chi connectivity index (χ4v) is 8.86. The van der Waals surface area contributed by atoms with Crippen LogP contribution in [0.4, 0.5) is 0 Å². The van der Waals surface area contributed by atoms with E-state index in [0.29, 0.717) is 22.3 Å². The average Bonchev–Trinajstić information content (AvgIpc) is 3.03. The molecule has 0 aliphatic carbocycles. The topological polar surface area (TPSA) is 95.2 Å². The van der Waals surface area contributed by atoms with Crippen LogP contribution in [0.2, 0.25) is 0 Å². The summed E-state index contributed by atoms with van der Waals surface area (Å²) in [4.78, 5) is 0. The molecule has 0 atom stereocenters. The molecule has 0 saturated carbocycles. The third-order valence-electron chi connectivity index (χ3n) is 6.38. The maximum Gasteiger partial charge on any atom is 0.0991 e. The second-order valence-corrected chi connectivity index (χ2v) is 13.3. The molecule has 5 aromatic rings. The molecule has 0 fully saturated rings. The molecule has 186 valence electrons. The lowest BCUT2D eigenvalue weighted by atomic mass is 10.2. The first-order valence-electron chi connectivity index (χ1n) is 12.3. The molecular formula is C34H20N4P2. The molecule has 0 aromatic heterocycles. The van der Waals surface area contributed by atoms with Crippen molar-refractivity contribution in [1.29, 1.82) is 21.0 Å². The predicted octanol–water partition coefficient (Wildman–Crippen LogP) is 4.69. The minimum atomic E-state index is -0.918. The molecule has 0 amide bonds. The molecule has 0 radical (unpaired) electrons. The van der Waals surface area contributed by atoms with Crippen molar-refractivity contribution in [3.63, 3.8) is 0 Å². The van der Waals surface area contributed by atoms with Crippen molar-refractivity contribution >= 4 is 47.7 Å². The van der Waals surface area contributed by atoms with Crippen molar-refractivity contribution in [3.05, 3.63) is 144 Å². The normalized spacial score (nSPS) is 10.3. The van der Waals surface area contributed by atoms with E-state index in [1.807, 2.05) is 97.1 Å². The molecule has 0 aliphatic rings. The zero-order chi connectivity index (χ0) is 27.9. The van der Waals surface area contributed by atoms with Gasteiger partial charge in [-0.3, -0.25) is 0 Å². The quantitative estimate of drug-likeness (QED) is 0.289. The molecule has 0 bridgehead atoms. The van der Waals surface area contributed by atoms with Gasteiger partial charge in [-0.1, -0.05) is 72.8 Å². The van der Waals surface area contributed by atoms with Gasteiger partial charge >= 0.3 is 0 Å². The smallest absolute Gasteiger partial charge is 0.0991 e. The molecular weight excluding hydrogens is 526 g/mol. The Labute approximate surface area is 236 Å². The van der Waals surface area contributed by atoms with E-state index in [9.17, 15) is 21.0 Å². The molecule has 5 aromatic carbocycles. The third-order valence-corrected chi connectivity index (χ3v) is 11.3. The number of hydrogen-bond acceptors (Lipinski definition) is 4. The highest BCUT2D eigenvalue weighted by atomic mass is 31.1. The van der Waals surface area contributed by atoms with Gasteiger partial charge in [-0.05, 0) is 96.2 Å². The maximum absolute atomic E-state index is 9.28. The second-order valence-electron chi connectivity index (χ2n) is 8.82. The molecule has 40 heavy (non-hydrogen) atoms. The van der Waals surface area contributed by atoms with Gasteiger partial charge in [-0.2, -0.15) is 21.0 Å². The summed E-state index contributed by atoms with van der Waals surface area (Å²) in [5.74, 6) is 0. The Morgan fingerprint density at radius 3 is 0.575 bits per heavy atom. The Bertz CT molecular complexity index is 1550. The first-order chi connectivity index (χ1) is 19.6. The van der Waals surface area contributed by atoms with E-state index in [2.05, 4.69) is 48.5 Å². The van der Waals surface area contributed by atoms with Crippen LogP contribution in [0.1, 0.15) is 22.3 Å². The lowest BCUT2D eigenvalue weighted by Gasteiger charge is -2.22. The van der Waals surface area contributed by atoms with Crippen LogP contribution in [0.25, 0.3) is 0 Å². The zero-order valence-corrected chi connectivity index (χ0v) is 23.0. The van der Waals surface area contributed by atoms with E-state index >= 15 is 0 Å². The standard InChI is InChI=1S/C34H20N4P2/c35-21-25-1-9-29(10-2-25)39(30-11-3-26(22-36)4-12-30)33-17-19-34(20-18-33)40(31-13-5-27(23-37)6-14-31)32-15-7-28(24-38)8-16-32/h1-20H. The van der Waals surface area contributed by atoms with Gasteiger partial charge in [0.05, 0.1) is 46.5 Å². The number of benzene rings is 5. The molecule has 0 unspecified atom stereocenters. The largest absolute Gasteiger partial charge is 0.192 e. The molecule has 6 heteroatoms. The SMILES string of the molecule is N#Cc1ccc(P(c2ccc(C#N)cc2)c2ccc(P(c3ccc(C#N)cc3)c3ccc(C#N)cc3)cc2)cc1. The van der Waals surface area contributed by atoms with E-state index in [1.165, 1.54) is 0 Å². The fraction of sp³-hybridized carbons (Fsp3) is 0. The monoisotopic (exact) mass is 546 g/mol. The average molecular weight is 547 g/mol. The van der Waals surface area contributed by atoms with E-state index in [4.69, 9.17) is 0 Å².